The van der Waals surface area contributed by atoms with Crippen molar-refractivity contribution in [3.8, 4) is 0 Å². The van der Waals surface area contributed by atoms with Gasteiger partial charge in [-0.05, 0) is 61.6 Å². The molecule has 2 bridgehead atoms. The maximum absolute atomic E-state index is 12.8. The smallest absolute Gasteiger partial charge is 0.296 e. The number of allylic oxidation sites excluding steroid dienone is 2. The number of rotatable bonds is 4. The largest absolute Gasteiger partial charge is 0.347 e. The molecule has 0 unspecified atom stereocenters. The van der Waals surface area contributed by atoms with Crippen molar-refractivity contribution in [2.75, 3.05) is 18.4 Å². The SMILES string of the molecule is O=C1Nc2cc(C(=O)N[C@@H]3CCN(C(=O)C[C@@H]4C[C@@H]5C=C[C@H]4CC5)C3)ccc2C1=O. The number of Topliss-reactive ketones (excluding diaryl/α,β-unsaturated/α-hetero) is 1. The number of anilines is 1. The van der Waals surface area contributed by atoms with E-state index in [9.17, 15) is 19.2 Å². The van der Waals surface area contributed by atoms with Gasteiger partial charge in [-0.25, -0.2) is 0 Å². The summed E-state index contributed by atoms with van der Waals surface area (Å²) in [7, 11) is 0. The Hall–Kier alpha value is -2.96. The molecule has 3 aliphatic carbocycles. The summed E-state index contributed by atoms with van der Waals surface area (Å²) in [6.07, 6.45) is 9.53. The fraction of sp³-hybridized carbons (Fsp3) is 0.478. The molecule has 7 heteroatoms. The molecule has 0 aromatic heterocycles. The molecule has 5 aliphatic rings. The highest BCUT2D eigenvalue weighted by Crippen LogP contribution is 2.42. The van der Waals surface area contributed by atoms with Gasteiger partial charge in [-0.15, -0.1) is 0 Å². The zero-order chi connectivity index (χ0) is 20.8. The summed E-state index contributed by atoms with van der Waals surface area (Å²) in [4.78, 5) is 50.5. The van der Waals surface area contributed by atoms with Crippen LogP contribution in [0, 0.1) is 17.8 Å². The van der Waals surface area contributed by atoms with Crippen LogP contribution in [0.25, 0.3) is 0 Å². The monoisotopic (exact) mass is 407 g/mol. The van der Waals surface area contributed by atoms with Crippen molar-refractivity contribution in [1.82, 2.24) is 10.2 Å². The van der Waals surface area contributed by atoms with Crippen molar-refractivity contribution >= 4 is 29.2 Å². The topological polar surface area (TPSA) is 95.6 Å². The van der Waals surface area contributed by atoms with Gasteiger partial charge in [-0.2, -0.15) is 0 Å². The Morgan fingerprint density at radius 3 is 2.73 bits per heavy atom. The van der Waals surface area contributed by atoms with Gasteiger partial charge >= 0.3 is 0 Å². The first-order valence-electron chi connectivity index (χ1n) is 10.7. The van der Waals surface area contributed by atoms with Crippen LogP contribution in [-0.2, 0) is 9.59 Å². The number of likely N-dealkylation sites (tertiary alicyclic amines) is 1. The molecule has 1 aromatic rings. The van der Waals surface area contributed by atoms with E-state index in [4.69, 9.17) is 0 Å². The van der Waals surface area contributed by atoms with E-state index >= 15 is 0 Å². The van der Waals surface area contributed by atoms with Crippen LogP contribution in [0.15, 0.2) is 30.4 Å². The van der Waals surface area contributed by atoms with E-state index in [1.54, 1.807) is 6.07 Å². The molecule has 2 N–H and O–H groups in total. The Bertz CT molecular complexity index is 969. The van der Waals surface area contributed by atoms with Gasteiger partial charge in [-0.3, -0.25) is 19.2 Å². The average Bonchev–Trinajstić information content (AvgIpc) is 3.33. The van der Waals surface area contributed by atoms with Gasteiger partial charge in [0, 0.05) is 31.1 Å². The van der Waals surface area contributed by atoms with Gasteiger partial charge < -0.3 is 15.5 Å². The summed E-state index contributed by atoms with van der Waals surface area (Å²) in [5.74, 6) is 0.323. The molecule has 2 fully saturated rings. The maximum Gasteiger partial charge on any atom is 0.296 e. The third-order valence-electron chi connectivity index (χ3n) is 7.01. The number of fused-ring (bicyclic) bond motifs is 3. The molecular formula is C23H25N3O4. The van der Waals surface area contributed by atoms with Crippen LogP contribution < -0.4 is 10.6 Å². The number of hydrogen-bond acceptors (Lipinski definition) is 4. The highest BCUT2D eigenvalue weighted by molar-refractivity contribution is 6.51. The van der Waals surface area contributed by atoms with Crippen LogP contribution in [0.2, 0.25) is 0 Å². The quantitative estimate of drug-likeness (QED) is 0.591. The lowest BCUT2D eigenvalue weighted by Crippen LogP contribution is -2.39. The van der Waals surface area contributed by atoms with Gasteiger partial charge in [-0.1, -0.05) is 12.2 Å². The first-order valence-corrected chi connectivity index (χ1v) is 10.7. The molecule has 2 aliphatic heterocycles. The van der Waals surface area contributed by atoms with Crippen molar-refractivity contribution < 1.29 is 19.2 Å². The van der Waals surface area contributed by atoms with E-state index in [1.807, 2.05) is 4.90 Å². The molecule has 1 aromatic carbocycles. The zero-order valence-corrected chi connectivity index (χ0v) is 16.7. The van der Waals surface area contributed by atoms with Crippen LogP contribution in [-0.4, -0.2) is 47.5 Å². The molecule has 4 atom stereocenters. The number of nitrogens with zero attached hydrogens (tertiary/aromatic N) is 1. The summed E-state index contributed by atoms with van der Waals surface area (Å²) < 4.78 is 0. The molecule has 1 saturated carbocycles. The Labute approximate surface area is 174 Å². The Balaban J connectivity index is 1.16. The standard InChI is InChI=1S/C23H25N3O4/c27-20(11-16-9-13-1-3-14(16)4-2-13)26-8-7-17(12-26)24-22(29)15-5-6-18-19(10-15)25-23(30)21(18)28/h1,3,5-6,10,13-14,16-17H,2,4,7-9,11-12H2,(H,24,29)(H,25,28,30)/t13-,14+,16+,17-/m1/s1. The summed E-state index contributed by atoms with van der Waals surface area (Å²) in [6.45, 7) is 1.19. The first-order chi connectivity index (χ1) is 14.5. The van der Waals surface area contributed by atoms with E-state index in [1.165, 1.54) is 25.0 Å². The minimum atomic E-state index is -0.672. The third-order valence-corrected chi connectivity index (χ3v) is 7.01. The van der Waals surface area contributed by atoms with Gasteiger partial charge in [0.2, 0.25) is 5.91 Å². The first kappa shape index (κ1) is 19.0. The molecule has 1 saturated heterocycles. The Morgan fingerprint density at radius 2 is 2.00 bits per heavy atom. The molecule has 156 valence electrons. The van der Waals surface area contributed by atoms with Gasteiger partial charge in [0.05, 0.1) is 11.3 Å². The van der Waals surface area contributed by atoms with Crippen molar-refractivity contribution in [2.45, 2.75) is 38.1 Å². The number of ketones is 1. The summed E-state index contributed by atoms with van der Waals surface area (Å²) in [5, 5.41) is 5.46. The number of hydrogen-bond donors (Lipinski definition) is 2. The number of carbonyl (C=O) groups excluding carboxylic acids is 4. The van der Waals surface area contributed by atoms with Gasteiger partial charge in [0.15, 0.2) is 0 Å². The van der Waals surface area contributed by atoms with E-state index in [2.05, 4.69) is 22.8 Å². The minimum absolute atomic E-state index is 0.0892. The highest BCUT2D eigenvalue weighted by atomic mass is 16.2. The molecule has 30 heavy (non-hydrogen) atoms. The fourth-order valence-electron chi connectivity index (χ4n) is 5.30. The van der Waals surface area contributed by atoms with Crippen molar-refractivity contribution in [3.05, 3.63) is 41.5 Å². The van der Waals surface area contributed by atoms with E-state index in [-0.39, 0.29) is 17.9 Å². The molecule has 0 radical (unpaired) electrons. The average molecular weight is 407 g/mol. The van der Waals surface area contributed by atoms with Crippen LogP contribution in [0.1, 0.15) is 52.8 Å². The number of nitrogens with one attached hydrogen (secondary N) is 2. The molecule has 7 nitrogen and oxygen atoms in total. The van der Waals surface area contributed by atoms with E-state index in [0.717, 1.165) is 12.8 Å². The minimum Gasteiger partial charge on any atom is -0.347 e. The molecule has 2 heterocycles. The van der Waals surface area contributed by atoms with E-state index < -0.39 is 11.7 Å². The molecule has 3 amide bonds. The fourth-order valence-corrected chi connectivity index (χ4v) is 5.30. The second kappa shape index (κ2) is 7.38. The Kier molecular flexibility index (Phi) is 4.68. The highest BCUT2D eigenvalue weighted by Gasteiger charge is 2.36. The number of carbonyl (C=O) groups is 4. The predicted octanol–water partition coefficient (Wildman–Crippen LogP) is 2.14. The lowest BCUT2D eigenvalue weighted by Gasteiger charge is -2.38. The Morgan fingerprint density at radius 1 is 1.13 bits per heavy atom. The normalized spacial score (nSPS) is 29.1. The molecular weight excluding hydrogens is 382 g/mol. The van der Waals surface area contributed by atoms with Gasteiger partial charge in [0.25, 0.3) is 17.6 Å². The van der Waals surface area contributed by atoms with E-state index in [0.29, 0.717) is 54.1 Å². The molecule has 6 rings (SSSR count). The van der Waals surface area contributed by atoms with Crippen LogP contribution in [0.3, 0.4) is 0 Å². The lowest BCUT2D eigenvalue weighted by atomic mass is 9.68. The van der Waals surface area contributed by atoms with Crippen molar-refractivity contribution in [1.29, 1.82) is 0 Å². The van der Waals surface area contributed by atoms with Crippen LogP contribution in [0.4, 0.5) is 5.69 Å². The lowest BCUT2D eigenvalue weighted by molar-refractivity contribution is -0.132. The predicted molar refractivity (Wildman–Crippen MR) is 110 cm³/mol. The second-order valence-electron chi connectivity index (χ2n) is 8.93. The maximum atomic E-state index is 12.8. The summed E-state index contributed by atoms with van der Waals surface area (Å²) >= 11 is 0. The second-order valence-corrected chi connectivity index (χ2v) is 8.93. The summed E-state index contributed by atoms with van der Waals surface area (Å²) in [5.41, 5.74) is 1.05. The third kappa shape index (κ3) is 3.42. The van der Waals surface area contributed by atoms with Crippen molar-refractivity contribution in [2.24, 2.45) is 17.8 Å². The zero-order valence-electron chi connectivity index (χ0n) is 16.7. The number of amides is 3. The van der Waals surface area contributed by atoms with Crippen LogP contribution in [0.5, 0.6) is 0 Å². The van der Waals surface area contributed by atoms with Gasteiger partial charge in [0.1, 0.15) is 0 Å². The van der Waals surface area contributed by atoms with Crippen molar-refractivity contribution in [3.63, 3.8) is 0 Å². The van der Waals surface area contributed by atoms with Crippen LogP contribution >= 0.6 is 0 Å². The molecule has 0 spiro atoms. The summed E-state index contributed by atoms with van der Waals surface area (Å²) in [6, 6.07) is 4.49. The number of benzene rings is 1.